The highest BCUT2D eigenvalue weighted by atomic mass is 127. The summed E-state index contributed by atoms with van der Waals surface area (Å²) < 4.78 is 1.28. The van der Waals surface area contributed by atoms with Crippen LogP contribution in [0.3, 0.4) is 0 Å². The van der Waals surface area contributed by atoms with E-state index in [0.717, 1.165) is 18.9 Å². The molecular formula is C17H31IN2. The van der Waals surface area contributed by atoms with Crippen LogP contribution in [0.4, 0.5) is 0 Å². The van der Waals surface area contributed by atoms with Gasteiger partial charge in [0, 0.05) is 12.6 Å². The summed E-state index contributed by atoms with van der Waals surface area (Å²) in [5.41, 5.74) is 1.46. The molecule has 0 radical (unpaired) electrons. The summed E-state index contributed by atoms with van der Waals surface area (Å²) in [6.45, 7) is 5.46. The SMILES string of the molecule is CCCCC1=CNC(CCC(CCI)CCCC)=NC1. The minimum atomic E-state index is 0.891. The summed E-state index contributed by atoms with van der Waals surface area (Å²) in [6.07, 6.45) is 13.8. The van der Waals surface area contributed by atoms with E-state index in [9.17, 15) is 0 Å². The highest BCUT2D eigenvalue weighted by Crippen LogP contribution is 2.20. The summed E-state index contributed by atoms with van der Waals surface area (Å²) >= 11 is 2.51. The second-order valence-corrected chi connectivity index (χ2v) is 6.92. The highest BCUT2D eigenvalue weighted by molar-refractivity contribution is 14.1. The van der Waals surface area contributed by atoms with Crippen LogP contribution in [0.25, 0.3) is 0 Å². The molecule has 0 amide bonds. The summed E-state index contributed by atoms with van der Waals surface area (Å²) in [7, 11) is 0. The molecule has 0 saturated carbocycles. The molecule has 1 aliphatic heterocycles. The van der Waals surface area contributed by atoms with Crippen LogP contribution >= 0.6 is 22.6 Å². The number of rotatable bonds is 11. The Bertz CT molecular complexity index is 310. The number of amidine groups is 1. The van der Waals surface area contributed by atoms with Crippen molar-refractivity contribution in [1.29, 1.82) is 0 Å². The Morgan fingerprint density at radius 2 is 1.95 bits per heavy atom. The lowest BCUT2D eigenvalue weighted by Crippen LogP contribution is -2.23. The first-order chi connectivity index (χ1) is 9.80. The molecule has 0 saturated heterocycles. The zero-order valence-electron chi connectivity index (χ0n) is 13.3. The van der Waals surface area contributed by atoms with Crippen molar-refractivity contribution in [3.63, 3.8) is 0 Å². The number of halogens is 1. The largest absolute Gasteiger partial charge is 0.350 e. The molecule has 1 unspecified atom stereocenters. The topological polar surface area (TPSA) is 24.4 Å². The summed E-state index contributed by atoms with van der Waals surface area (Å²) in [5.74, 6) is 2.10. The van der Waals surface area contributed by atoms with Crippen LogP contribution in [0.2, 0.25) is 0 Å². The second kappa shape index (κ2) is 11.6. The minimum Gasteiger partial charge on any atom is -0.350 e. The molecule has 0 aliphatic carbocycles. The molecular weight excluding hydrogens is 359 g/mol. The molecule has 0 fully saturated rings. The van der Waals surface area contributed by atoms with E-state index in [0.29, 0.717) is 0 Å². The van der Waals surface area contributed by atoms with E-state index < -0.39 is 0 Å². The Labute approximate surface area is 139 Å². The van der Waals surface area contributed by atoms with Gasteiger partial charge in [-0.15, -0.1) is 0 Å². The zero-order chi connectivity index (χ0) is 14.6. The maximum absolute atomic E-state index is 4.71. The van der Waals surface area contributed by atoms with Gasteiger partial charge in [0.15, 0.2) is 0 Å². The lowest BCUT2D eigenvalue weighted by atomic mass is 9.94. The first kappa shape index (κ1) is 18.0. The van der Waals surface area contributed by atoms with Gasteiger partial charge in [0.25, 0.3) is 0 Å². The van der Waals surface area contributed by atoms with Crippen molar-refractivity contribution >= 4 is 28.4 Å². The van der Waals surface area contributed by atoms with Crippen molar-refractivity contribution in [3.05, 3.63) is 11.8 Å². The average Bonchev–Trinajstić information content (AvgIpc) is 2.49. The molecule has 2 nitrogen and oxygen atoms in total. The van der Waals surface area contributed by atoms with Gasteiger partial charge in [-0.1, -0.05) is 62.1 Å². The Balaban J connectivity index is 2.26. The highest BCUT2D eigenvalue weighted by Gasteiger charge is 2.11. The van der Waals surface area contributed by atoms with Crippen molar-refractivity contribution < 1.29 is 0 Å². The van der Waals surface area contributed by atoms with Gasteiger partial charge in [-0.2, -0.15) is 0 Å². The average molecular weight is 390 g/mol. The van der Waals surface area contributed by atoms with Gasteiger partial charge >= 0.3 is 0 Å². The number of hydrogen-bond acceptors (Lipinski definition) is 2. The van der Waals surface area contributed by atoms with Gasteiger partial charge in [0.1, 0.15) is 5.84 Å². The van der Waals surface area contributed by atoms with E-state index >= 15 is 0 Å². The summed E-state index contributed by atoms with van der Waals surface area (Å²) in [5, 5.41) is 3.42. The van der Waals surface area contributed by atoms with Crippen LogP contribution in [-0.2, 0) is 0 Å². The fourth-order valence-electron chi connectivity index (χ4n) is 2.60. The summed E-state index contributed by atoms with van der Waals surface area (Å²) in [4.78, 5) is 4.71. The third-order valence-corrected chi connectivity index (χ3v) is 4.66. The van der Waals surface area contributed by atoms with Crippen LogP contribution in [0.1, 0.15) is 71.6 Å². The molecule has 1 aliphatic rings. The molecule has 0 spiro atoms. The van der Waals surface area contributed by atoms with E-state index in [1.54, 1.807) is 0 Å². The lowest BCUT2D eigenvalue weighted by molar-refractivity contribution is 0.432. The monoisotopic (exact) mass is 390 g/mol. The molecule has 3 heteroatoms. The summed E-state index contributed by atoms with van der Waals surface area (Å²) in [6, 6.07) is 0. The van der Waals surface area contributed by atoms with Crippen LogP contribution in [0.15, 0.2) is 16.8 Å². The predicted molar refractivity (Wildman–Crippen MR) is 98.8 cm³/mol. The fraction of sp³-hybridized carbons (Fsp3) is 0.824. The molecule has 0 aromatic heterocycles. The van der Waals surface area contributed by atoms with E-state index in [1.165, 1.54) is 67.2 Å². The molecule has 0 bridgehead atoms. The van der Waals surface area contributed by atoms with Crippen LogP contribution < -0.4 is 5.32 Å². The quantitative estimate of drug-likeness (QED) is 0.367. The van der Waals surface area contributed by atoms with Gasteiger partial charge in [-0.3, -0.25) is 4.99 Å². The van der Waals surface area contributed by atoms with Crippen LogP contribution in [0, 0.1) is 5.92 Å². The maximum atomic E-state index is 4.71. The van der Waals surface area contributed by atoms with Crippen molar-refractivity contribution in [3.8, 4) is 0 Å². The number of alkyl halides is 1. The lowest BCUT2D eigenvalue weighted by Gasteiger charge is -2.18. The number of hydrogen-bond donors (Lipinski definition) is 1. The Hall–Kier alpha value is -0.0600. The normalized spacial score (nSPS) is 16.4. The fourth-order valence-corrected chi connectivity index (χ4v) is 3.48. The molecule has 0 aromatic rings. The zero-order valence-corrected chi connectivity index (χ0v) is 15.4. The van der Waals surface area contributed by atoms with Crippen molar-refractivity contribution in [2.75, 3.05) is 11.0 Å². The van der Waals surface area contributed by atoms with Crippen molar-refractivity contribution in [2.24, 2.45) is 10.9 Å². The minimum absolute atomic E-state index is 0.891. The van der Waals surface area contributed by atoms with E-state index in [1.807, 2.05) is 0 Å². The Morgan fingerprint density at radius 3 is 2.55 bits per heavy atom. The number of nitrogens with one attached hydrogen (secondary N) is 1. The van der Waals surface area contributed by atoms with Gasteiger partial charge in [-0.25, -0.2) is 0 Å². The van der Waals surface area contributed by atoms with Gasteiger partial charge in [0.05, 0.1) is 6.54 Å². The maximum Gasteiger partial charge on any atom is 0.101 e. The molecule has 1 N–H and O–H groups in total. The number of aliphatic imine (C=N–C) groups is 1. The number of unbranched alkanes of at least 4 members (excludes halogenated alkanes) is 2. The van der Waals surface area contributed by atoms with Gasteiger partial charge in [0.2, 0.25) is 0 Å². The van der Waals surface area contributed by atoms with Crippen molar-refractivity contribution in [2.45, 2.75) is 71.6 Å². The molecule has 20 heavy (non-hydrogen) atoms. The van der Waals surface area contributed by atoms with Crippen LogP contribution in [0.5, 0.6) is 0 Å². The third kappa shape index (κ3) is 7.65. The molecule has 1 heterocycles. The van der Waals surface area contributed by atoms with E-state index in [2.05, 4.69) is 48.0 Å². The Kier molecular flexibility index (Phi) is 10.4. The van der Waals surface area contributed by atoms with Gasteiger partial charge in [-0.05, 0) is 41.6 Å². The standard InChI is InChI=1S/C17H31IN2/c1-3-5-7-15(11-12-18)9-10-17-19-13-16(14-20-17)8-6-4-2/h13,15H,3-12,14H2,1-2H3,(H,19,20). The molecule has 116 valence electrons. The van der Waals surface area contributed by atoms with Crippen molar-refractivity contribution in [1.82, 2.24) is 5.32 Å². The first-order valence-electron chi connectivity index (χ1n) is 8.33. The van der Waals surface area contributed by atoms with E-state index in [4.69, 9.17) is 4.99 Å². The van der Waals surface area contributed by atoms with E-state index in [-0.39, 0.29) is 0 Å². The molecule has 0 aromatic carbocycles. The molecule has 1 atom stereocenters. The second-order valence-electron chi connectivity index (χ2n) is 5.84. The predicted octanol–water partition coefficient (Wildman–Crippen LogP) is 5.47. The molecule has 1 rings (SSSR count). The Morgan fingerprint density at radius 1 is 1.15 bits per heavy atom. The first-order valence-corrected chi connectivity index (χ1v) is 9.86. The van der Waals surface area contributed by atoms with Gasteiger partial charge < -0.3 is 5.32 Å². The smallest absolute Gasteiger partial charge is 0.101 e. The third-order valence-electron chi connectivity index (χ3n) is 4.04. The van der Waals surface area contributed by atoms with Crippen LogP contribution in [-0.4, -0.2) is 16.8 Å². The number of nitrogens with zero attached hydrogens (tertiary/aromatic N) is 1.